The predicted molar refractivity (Wildman–Crippen MR) is 148 cm³/mol. The van der Waals surface area contributed by atoms with Crippen molar-refractivity contribution in [1.29, 1.82) is 0 Å². The van der Waals surface area contributed by atoms with Gasteiger partial charge in [0.25, 0.3) is 0 Å². The molecule has 4 aromatic heterocycles. The van der Waals surface area contributed by atoms with E-state index in [0.717, 1.165) is 62.2 Å². The predicted octanol–water partition coefficient (Wildman–Crippen LogP) is 4.19. The van der Waals surface area contributed by atoms with E-state index in [-0.39, 0.29) is 17.5 Å². The van der Waals surface area contributed by atoms with Gasteiger partial charge in [-0.05, 0) is 38.1 Å². The molecule has 1 aliphatic heterocycles. The lowest BCUT2D eigenvalue weighted by Gasteiger charge is -2.34. The summed E-state index contributed by atoms with van der Waals surface area (Å²) in [4.78, 5) is 33.8. The Morgan fingerprint density at radius 1 is 1.08 bits per heavy atom. The number of carbonyl (C=O) groups excluding carboxylic acids is 1. The Morgan fingerprint density at radius 3 is 2.72 bits per heavy atom. The van der Waals surface area contributed by atoms with Crippen molar-refractivity contribution in [3.05, 3.63) is 48.7 Å². The molecule has 5 aromatic rings. The molecule has 1 aromatic carbocycles. The minimum absolute atomic E-state index is 0.0259. The average molecular weight is 526 g/mol. The van der Waals surface area contributed by atoms with Gasteiger partial charge in [0, 0.05) is 43.9 Å². The zero-order chi connectivity index (χ0) is 26.5. The van der Waals surface area contributed by atoms with Crippen molar-refractivity contribution < 1.29 is 9.18 Å². The van der Waals surface area contributed by atoms with Crippen LogP contribution in [0.5, 0.6) is 0 Å². The Hall–Kier alpha value is -4.38. The molecule has 1 saturated carbocycles. The molecule has 0 atom stereocenters. The summed E-state index contributed by atoms with van der Waals surface area (Å²) in [6.07, 6.45) is 7.52. The Morgan fingerprint density at radius 2 is 1.92 bits per heavy atom. The maximum atomic E-state index is 16.1. The topological polar surface area (TPSA) is 119 Å². The van der Waals surface area contributed by atoms with Gasteiger partial charge in [0.1, 0.15) is 16.9 Å². The number of aromatic amines is 2. The molecule has 0 unspecified atom stereocenters. The van der Waals surface area contributed by atoms with Crippen LogP contribution in [0.4, 0.5) is 15.8 Å². The molecule has 0 spiro atoms. The quantitative estimate of drug-likeness (QED) is 0.315. The Balaban J connectivity index is 1.26. The molecule has 7 rings (SSSR count). The second-order valence-electron chi connectivity index (χ2n) is 10.4. The summed E-state index contributed by atoms with van der Waals surface area (Å²) in [6.45, 7) is 3.81. The van der Waals surface area contributed by atoms with E-state index in [0.29, 0.717) is 33.7 Å². The first-order chi connectivity index (χ1) is 19.0. The van der Waals surface area contributed by atoms with Crippen LogP contribution < -0.4 is 10.2 Å². The summed E-state index contributed by atoms with van der Waals surface area (Å²) < 4.78 is 16.1. The first-order valence-electron chi connectivity index (χ1n) is 13.3. The standard InChI is InChI=1S/C28H28FN9O/c1-37-8-10-38(11-9-37)21-7-3-6-19-25(21)34-27(33-19)26-22-20(35-36-26)15-31-24(23(22)29)17-12-18(14-30-13-17)32-28(39)16-4-2-5-16/h3,6-7,12-16H,2,4-5,8-11H2,1H3,(H,32,39)(H,33,34)(H,35,36). The zero-order valence-corrected chi connectivity index (χ0v) is 21.5. The number of benzene rings is 1. The van der Waals surface area contributed by atoms with E-state index in [1.54, 1.807) is 24.7 Å². The van der Waals surface area contributed by atoms with Crippen molar-refractivity contribution in [3.63, 3.8) is 0 Å². The van der Waals surface area contributed by atoms with E-state index in [4.69, 9.17) is 4.98 Å². The first-order valence-corrected chi connectivity index (χ1v) is 13.3. The molecular weight excluding hydrogens is 497 g/mol. The normalized spacial score (nSPS) is 16.6. The van der Waals surface area contributed by atoms with Crippen LogP contribution in [-0.2, 0) is 4.79 Å². The molecule has 11 heteroatoms. The highest BCUT2D eigenvalue weighted by Crippen LogP contribution is 2.35. The van der Waals surface area contributed by atoms with Gasteiger partial charge in [0.05, 0.1) is 40.2 Å². The van der Waals surface area contributed by atoms with Gasteiger partial charge in [0.2, 0.25) is 5.91 Å². The first kappa shape index (κ1) is 23.7. The van der Waals surface area contributed by atoms with Crippen LogP contribution in [-0.4, -0.2) is 74.2 Å². The lowest BCUT2D eigenvalue weighted by molar-refractivity contribution is -0.122. The van der Waals surface area contributed by atoms with Gasteiger partial charge in [-0.15, -0.1) is 0 Å². The van der Waals surface area contributed by atoms with Crippen LogP contribution in [0.3, 0.4) is 0 Å². The van der Waals surface area contributed by atoms with Crippen LogP contribution in [0.2, 0.25) is 0 Å². The summed E-state index contributed by atoms with van der Waals surface area (Å²) in [5, 5.41) is 10.5. The van der Waals surface area contributed by atoms with Gasteiger partial charge in [-0.25, -0.2) is 9.37 Å². The fraction of sp³-hybridized carbons (Fsp3) is 0.321. The minimum Gasteiger partial charge on any atom is -0.367 e. The minimum atomic E-state index is -0.528. The number of H-pyrrole nitrogens is 2. The van der Waals surface area contributed by atoms with Crippen LogP contribution >= 0.6 is 0 Å². The third-order valence-corrected chi connectivity index (χ3v) is 7.86. The fourth-order valence-electron chi connectivity index (χ4n) is 5.33. The second kappa shape index (κ2) is 9.42. The molecule has 1 saturated heterocycles. The average Bonchev–Trinajstić information content (AvgIpc) is 3.53. The number of halogens is 1. The van der Waals surface area contributed by atoms with E-state index in [1.807, 2.05) is 12.1 Å². The largest absolute Gasteiger partial charge is 0.367 e. The van der Waals surface area contributed by atoms with Crippen LogP contribution in [0.25, 0.3) is 44.7 Å². The third kappa shape index (κ3) is 4.19. The molecular formula is C28H28FN9O. The molecule has 1 amide bonds. The van der Waals surface area contributed by atoms with E-state index in [9.17, 15) is 4.79 Å². The van der Waals surface area contributed by atoms with E-state index >= 15 is 4.39 Å². The monoisotopic (exact) mass is 525 g/mol. The van der Waals surface area contributed by atoms with E-state index < -0.39 is 5.82 Å². The van der Waals surface area contributed by atoms with Crippen LogP contribution in [0.15, 0.2) is 42.9 Å². The Kier molecular flexibility index (Phi) is 5.73. The lowest BCUT2D eigenvalue weighted by Crippen LogP contribution is -2.44. The number of imidazole rings is 1. The molecule has 5 heterocycles. The van der Waals surface area contributed by atoms with Crippen LogP contribution in [0, 0.1) is 11.7 Å². The fourth-order valence-corrected chi connectivity index (χ4v) is 5.33. The molecule has 39 heavy (non-hydrogen) atoms. The van der Waals surface area contributed by atoms with E-state index in [1.165, 1.54) is 0 Å². The molecule has 2 aliphatic rings. The van der Waals surface area contributed by atoms with Gasteiger partial charge in [0.15, 0.2) is 11.6 Å². The number of hydrogen-bond donors (Lipinski definition) is 3. The lowest BCUT2D eigenvalue weighted by atomic mass is 9.85. The Labute approximate surface area is 223 Å². The molecule has 2 fully saturated rings. The van der Waals surface area contributed by atoms with Crippen molar-refractivity contribution in [1.82, 2.24) is 35.0 Å². The van der Waals surface area contributed by atoms with Crippen molar-refractivity contribution in [2.45, 2.75) is 19.3 Å². The second-order valence-corrected chi connectivity index (χ2v) is 10.4. The van der Waals surface area contributed by atoms with Crippen molar-refractivity contribution in [3.8, 4) is 22.8 Å². The summed E-state index contributed by atoms with van der Waals surface area (Å²) in [7, 11) is 2.13. The molecule has 3 N–H and O–H groups in total. The summed E-state index contributed by atoms with van der Waals surface area (Å²) >= 11 is 0. The van der Waals surface area contributed by atoms with Crippen molar-refractivity contribution in [2.24, 2.45) is 5.92 Å². The highest BCUT2D eigenvalue weighted by Gasteiger charge is 2.26. The smallest absolute Gasteiger partial charge is 0.227 e. The number of likely N-dealkylation sites (N-methyl/N-ethyl adjacent to an activating group) is 1. The highest BCUT2D eigenvalue weighted by molar-refractivity contribution is 5.98. The summed E-state index contributed by atoms with van der Waals surface area (Å²) in [6, 6.07) is 7.75. The number of piperazine rings is 1. The van der Waals surface area contributed by atoms with Gasteiger partial charge in [-0.1, -0.05) is 12.5 Å². The van der Waals surface area contributed by atoms with Crippen molar-refractivity contribution in [2.75, 3.05) is 43.4 Å². The summed E-state index contributed by atoms with van der Waals surface area (Å²) in [5.74, 6) is -0.0373. The van der Waals surface area contributed by atoms with Gasteiger partial charge in [-0.2, -0.15) is 5.10 Å². The van der Waals surface area contributed by atoms with Gasteiger partial charge in [-0.3, -0.25) is 19.9 Å². The number of nitrogens with one attached hydrogen (secondary N) is 3. The number of amides is 1. The number of nitrogens with zero attached hydrogens (tertiary/aromatic N) is 6. The number of para-hydroxylation sites is 1. The number of pyridine rings is 2. The molecule has 198 valence electrons. The zero-order valence-electron chi connectivity index (χ0n) is 21.5. The maximum absolute atomic E-state index is 16.1. The molecule has 1 aliphatic carbocycles. The van der Waals surface area contributed by atoms with Crippen molar-refractivity contribution >= 4 is 39.2 Å². The number of anilines is 2. The number of fused-ring (bicyclic) bond motifs is 2. The molecule has 0 bridgehead atoms. The van der Waals surface area contributed by atoms with Crippen LogP contribution in [0.1, 0.15) is 19.3 Å². The maximum Gasteiger partial charge on any atom is 0.227 e. The summed E-state index contributed by atoms with van der Waals surface area (Å²) in [5.41, 5.74) is 4.72. The van der Waals surface area contributed by atoms with E-state index in [2.05, 4.69) is 53.4 Å². The third-order valence-electron chi connectivity index (χ3n) is 7.86. The highest BCUT2D eigenvalue weighted by atomic mass is 19.1. The number of carbonyl (C=O) groups is 1. The molecule has 0 radical (unpaired) electrons. The van der Waals surface area contributed by atoms with Gasteiger partial charge < -0.3 is 20.1 Å². The SMILES string of the molecule is CN1CCN(c2cccc3[nH]c(-c4n[nH]c5cnc(-c6cncc(NC(=O)C7CCC7)c6)c(F)c45)nc23)CC1. The Bertz CT molecular complexity index is 1700. The number of rotatable bonds is 5. The number of aromatic nitrogens is 6. The number of hydrogen-bond acceptors (Lipinski definition) is 7. The van der Waals surface area contributed by atoms with Gasteiger partial charge >= 0.3 is 0 Å². The molecule has 10 nitrogen and oxygen atoms in total.